The van der Waals surface area contributed by atoms with Gasteiger partial charge in [0.25, 0.3) is 0 Å². The molecule has 0 radical (unpaired) electrons. The van der Waals surface area contributed by atoms with Crippen LogP contribution in [-0.2, 0) is 16.2 Å². The normalized spacial score (nSPS) is 10.4. The molecule has 0 saturated heterocycles. The molecule has 1 aromatic heterocycles. The smallest absolute Gasteiger partial charge is 0.245 e. The number of nitrogens with two attached hydrogens (primary N) is 1. The zero-order chi connectivity index (χ0) is 10.6. The lowest BCUT2D eigenvalue weighted by Gasteiger charge is -2.02. The maximum Gasteiger partial charge on any atom is 0.245 e. The predicted octanol–water partition coefficient (Wildman–Crippen LogP) is -0.202. The molecule has 0 aliphatic heterocycles. The zero-order valence-corrected chi connectivity index (χ0v) is 8.16. The summed E-state index contributed by atoms with van der Waals surface area (Å²) in [6.07, 6.45) is 0. The van der Waals surface area contributed by atoms with Crippen LogP contribution in [0.4, 0.5) is 0 Å². The largest absolute Gasteiger partial charge is 0.368 e. The summed E-state index contributed by atoms with van der Waals surface area (Å²) in [7, 11) is 0. The van der Waals surface area contributed by atoms with Crippen LogP contribution in [-0.4, -0.2) is 17.7 Å². The number of hydrogen-bond donors (Lipinski definition) is 2. The van der Waals surface area contributed by atoms with Gasteiger partial charge in [-0.15, -0.1) is 0 Å². The molecule has 6 nitrogen and oxygen atoms in total. The second kappa shape index (κ2) is 4.73. The van der Waals surface area contributed by atoms with E-state index >= 15 is 0 Å². The first kappa shape index (κ1) is 10.7. The van der Waals surface area contributed by atoms with Crippen molar-refractivity contribution in [3.8, 4) is 0 Å². The highest BCUT2D eigenvalue weighted by Crippen LogP contribution is 2.10. The van der Waals surface area contributed by atoms with Crippen LogP contribution < -0.4 is 11.2 Å². The Labute approximate surface area is 81.3 Å². The lowest BCUT2D eigenvalue weighted by Crippen LogP contribution is -2.24. The second-order valence-corrected chi connectivity index (χ2v) is 2.88. The zero-order valence-electron chi connectivity index (χ0n) is 8.16. The highest BCUT2D eigenvalue weighted by atomic mass is 16.6. The van der Waals surface area contributed by atoms with Crippen molar-refractivity contribution in [3.63, 3.8) is 0 Å². The third-order valence-corrected chi connectivity index (χ3v) is 1.75. The molecule has 0 aliphatic rings. The topological polar surface area (TPSA) is 90.4 Å². The third-order valence-electron chi connectivity index (χ3n) is 1.75. The monoisotopic (exact) mass is 199 g/mol. The van der Waals surface area contributed by atoms with Crippen molar-refractivity contribution in [3.05, 3.63) is 17.0 Å². The number of amides is 1. The number of rotatable bonds is 5. The number of carbonyl (C=O) groups excluding carboxylic acids is 1. The lowest BCUT2D eigenvalue weighted by atomic mass is 10.2. The maximum absolute atomic E-state index is 10.3. The minimum atomic E-state index is -0.517. The maximum atomic E-state index is 10.3. The molecule has 1 rings (SSSR count). The molecular formula is C8H13N3O3. The summed E-state index contributed by atoms with van der Waals surface area (Å²) >= 11 is 0. The van der Waals surface area contributed by atoms with Gasteiger partial charge in [-0.05, 0) is 13.8 Å². The summed E-state index contributed by atoms with van der Waals surface area (Å²) in [5, 5.41) is 3.77. The fourth-order valence-corrected chi connectivity index (χ4v) is 1.000. The number of hydrogen-bond acceptors (Lipinski definition) is 5. The number of nitrogens with zero attached hydrogens (tertiary/aromatic N) is 1. The van der Waals surface area contributed by atoms with Gasteiger partial charge in [-0.25, -0.2) is 0 Å². The minimum Gasteiger partial charge on any atom is -0.368 e. The van der Waals surface area contributed by atoms with Crippen LogP contribution in [0.2, 0.25) is 0 Å². The Morgan fingerprint density at radius 3 is 2.86 bits per heavy atom. The summed E-state index contributed by atoms with van der Waals surface area (Å²) in [6, 6.07) is 0. The fourth-order valence-electron chi connectivity index (χ4n) is 1.000. The Hall–Kier alpha value is -1.40. The van der Waals surface area contributed by atoms with Gasteiger partial charge in [0, 0.05) is 5.56 Å². The van der Waals surface area contributed by atoms with E-state index in [0.29, 0.717) is 6.54 Å². The summed E-state index contributed by atoms with van der Waals surface area (Å²) in [4.78, 5) is 15.1. The Kier molecular flexibility index (Phi) is 3.61. The second-order valence-electron chi connectivity index (χ2n) is 2.88. The van der Waals surface area contributed by atoms with E-state index in [1.165, 1.54) is 0 Å². The molecule has 0 bridgehead atoms. The van der Waals surface area contributed by atoms with Crippen molar-refractivity contribution < 1.29 is 14.2 Å². The van der Waals surface area contributed by atoms with Crippen molar-refractivity contribution in [2.24, 2.45) is 5.73 Å². The predicted molar refractivity (Wildman–Crippen MR) is 48.0 cm³/mol. The van der Waals surface area contributed by atoms with Crippen molar-refractivity contribution in [2.75, 3.05) is 6.61 Å². The van der Waals surface area contributed by atoms with Gasteiger partial charge in [0.2, 0.25) is 5.91 Å². The number of hydroxylamine groups is 1. The molecule has 14 heavy (non-hydrogen) atoms. The highest BCUT2D eigenvalue weighted by Gasteiger charge is 2.07. The van der Waals surface area contributed by atoms with Gasteiger partial charge in [0.15, 0.2) is 0 Å². The summed E-state index contributed by atoms with van der Waals surface area (Å²) in [5.41, 5.74) is 9.21. The SMILES string of the molecule is Cc1noc(C)c1CNOCC(N)=O. The van der Waals surface area contributed by atoms with Crippen LogP contribution in [0.25, 0.3) is 0 Å². The molecule has 0 aromatic carbocycles. The molecule has 0 unspecified atom stereocenters. The van der Waals surface area contributed by atoms with E-state index in [2.05, 4.69) is 10.6 Å². The van der Waals surface area contributed by atoms with Gasteiger partial charge >= 0.3 is 0 Å². The highest BCUT2D eigenvalue weighted by molar-refractivity contribution is 5.74. The van der Waals surface area contributed by atoms with Crippen LogP contribution in [0.5, 0.6) is 0 Å². The van der Waals surface area contributed by atoms with Crippen LogP contribution in [0, 0.1) is 13.8 Å². The van der Waals surface area contributed by atoms with Gasteiger partial charge in [-0.2, -0.15) is 5.48 Å². The molecule has 6 heteroatoms. The summed E-state index contributed by atoms with van der Waals surface area (Å²) < 4.78 is 4.94. The molecular weight excluding hydrogens is 186 g/mol. The van der Waals surface area contributed by atoms with Crippen molar-refractivity contribution in [1.82, 2.24) is 10.6 Å². The first-order valence-corrected chi connectivity index (χ1v) is 4.16. The van der Waals surface area contributed by atoms with E-state index in [0.717, 1.165) is 17.0 Å². The Morgan fingerprint density at radius 1 is 1.64 bits per heavy atom. The average molecular weight is 199 g/mol. The number of aromatic nitrogens is 1. The number of carbonyl (C=O) groups is 1. The van der Waals surface area contributed by atoms with Crippen molar-refractivity contribution >= 4 is 5.91 Å². The van der Waals surface area contributed by atoms with Gasteiger partial charge in [-0.3, -0.25) is 9.63 Å². The molecule has 1 amide bonds. The molecule has 0 atom stereocenters. The van der Waals surface area contributed by atoms with Crippen LogP contribution >= 0.6 is 0 Å². The third kappa shape index (κ3) is 2.82. The molecule has 0 spiro atoms. The van der Waals surface area contributed by atoms with E-state index in [1.54, 1.807) is 0 Å². The minimum absolute atomic E-state index is 0.149. The quantitative estimate of drug-likeness (QED) is 0.506. The average Bonchev–Trinajstić information content (AvgIpc) is 2.42. The molecule has 78 valence electrons. The molecule has 1 heterocycles. The lowest BCUT2D eigenvalue weighted by molar-refractivity contribution is -0.125. The van der Waals surface area contributed by atoms with Gasteiger partial charge in [0.1, 0.15) is 12.4 Å². The molecule has 3 N–H and O–H groups in total. The van der Waals surface area contributed by atoms with E-state index in [4.69, 9.17) is 15.1 Å². The van der Waals surface area contributed by atoms with E-state index in [-0.39, 0.29) is 6.61 Å². The summed E-state index contributed by atoms with van der Waals surface area (Å²) in [6.45, 7) is 3.94. The van der Waals surface area contributed by atoms with Crippen LogP contribution in [0.1, 0.15) is 17.0 Å². The van der Waals surface area contributed by atoms with Gasteiger partial charge < -0.3 is 10.3 Å². The number of aryl methyl sites for hydroxylation is 2. The van der Waals surface area contributed by atoms with Gasteiger partial charge in [0.05, 0.1) is 12.2 Å². The van der Waals surface area contributed by atoms with Crippen LogP contribution in [0.15, 0.2) is 4.52 Å². The number of nitrogens with one attached hydrogen (secondary N) is 1. The Morgan fingerprint density at radius 2 is 2.36 bits per heavy atom. The molecule has 1 aromatic rings. The van der Waals surface area contributed by atoms with E-state index in [9.17, 15) is 4.79 Å². The fraction of sp³-hybridized carbons (Fsp3) is 0.500. The standard InChI is InChI=1S/C8H13N3O3/c1-5-7(6(2)14-11-5)3-10-13-4-8(9)12/h10H,3-4H2,1-2H3,(H2,9,12). The number of primary amides is 1. The van der Waals surface area contributed by atoms with E-state index in [1.807, 2.05) is 13.8 Å². The Bertz CT molecular complexity index is 302. The van der Waals surface area contributed by atoms with Crippen LogP contribution in [0.3, 0.4) is 0 Å². The molecule has 0 aliphatic carbocycles. The van der Waals surface area contributed by atoms with Crippen molar-refractivity contribution in [1.29, 1.82) is 0 Å². The first-order chi connectivity index (χ1) is 6.61. The van der Waals surface area contributed by atoms with E-state index < -0.39 is 5.91 Å². The Balaban J connectivity index is 2.34. The first-order valence-electron chi connectivity index (χ1n) is 4.16. The molecule has 0 fully saturated rings. The molecule has 0 saturated carbocycles. The van der Waals surface area contributed by atoms with Crippen molar-refractivity contribution in [2.45, 2.75) is 20.4 Å². The summed E-state index contributed by atoms with van der Waals surface area (Å²) in [5.74, 6) is 0.217. The van der Waals surface area contributed by atoms with Gasteiger partial charge in [-0.1, -0.05) is 5.16 Å².